The quantitative estimate of drug-likeness (QED) is 0.178. The van der Waals surface area contributed by atoms with E-state index in [-0.39, 0.29) is 0 Å². The highest BCUT2D eigenvalue weighted by Crippen LogP contribution is 2.44. The molecular formula is C48H28N2S. The first kappa shape index (κ1) is 27.4. The summed E-state index contributed by atoms with van der Waals surface area (Å²) < 4.78 is 7.56. The molecule has 0 saturated heterocycles. The molecule has 12 aromatic rings. The van der Waals surface area contributed by atoms with Crippen molar-refractivity contribution < 1.29 is 0 Å². The number of nitrogens with zero attached hydrogens (tertiary/aromatic N) is 2. The molecule has 0 amide bonds. The highest BCUT2D eigenvalue weighted by molar-refractivity contribution is 7.26. The van der Waals surface area contributed by atoms with Gasteiger partial charge in [-0.3, -0.25) is 0 Å². The van der Waals surface area contributed by atoms with Gasteiger partial charge in [-0.05, 0) is 76.9 Å². The zero-order chi connectivity index (χ0) is 33.2. The Hall–Kier alpha value is -6.42. The predicted octanol–water partition coefficient (Wildman–Crippen LogP) is 13.6. The standard InChI is InChI=1S/C48H28N2S/c1-5-16-42-34(10-1)37-25-22-30(33-14-9-15-39-38-13-4-8-19-46(38)51-48(33)39)28-45(37)49(42)32-23-20-29(21-24-32)31-26-40-35-11-2-6-17-43(35)50-44-18-7-3-12-36(44)41(27-31)47(40)50/h1-28H. The van der Waals surface area contributed by atoms with Crippen molar-refractivity contribution in [2.75, 3.05) is 0 Å². The van der Waals surface area contributed by atoms with Gasteiger partial charge in [0.1, 0.15) is 0 Å². The summed E-state index contributed by atoms with van der Waals surface area (Å²) in [6, 6.07) is 62.9. The first-order chi connectivity index (χ1) is 25.3. The Morgan fingerprint density at radius 3 is 1.65 bits per heavy atom. The lowest BCUT2D eigenvalue weighted by atomic mass is 9.99. The van der Waals surface area contributed by atoms with Crippen LogP contribution in [0.25, 0.3) is 108 Å². The van der Waals surface area contributed by atoms with E-state index in [0.29, 0.717) is 0 Å². The Labute approximate surface area is 297 Å². The van der Waals surface area contributed by atoms with E-state index < -0.39 is 0 Å². The lowest BCUT2D eigenvalue weighted by Crippen LogP contribution is -1.94. The maximum atomic E-state index is 2.44. The Morgan fingerprint density at radius 2 is 0.922 bits per heavy atom. The summed E-state index contributed by atoms with van der Waals surface area (Å²) in [4.78, 5) is 0. The van der Waals surface area contributed by atoms with Gasteiger partial charge < -0.3 is 8.97 Å². The van der Waals surface area contributed by atoms with Crippen molar-refractivity contribution >= 4 is 91.4 Å². The third kappa shape index (κ3) is 3.71. The number of thiophene rings is 1. The van der Waals surface area contributed by atoms with Crippen molar-refractivity contribution in [2.45, 2.75) is 0 Å². The van der Waals surface area contributed by atoms with Crippen LogP contribution in [0.3, 0.4) is 0 Å². The van der Waals surface area contributed by atoms with Gasteiger partial charge >= 0.3 is 0 Å². The van der Waals surface area contributed by atoms with Gasteiger partial charge in [0.15, 0.2) is 0 Å². The van der Waals surface area contributed by atoms with Crippen LogP contribution in [-0.2, 0) is 0 Å². The fraction of sp³-hybridized carbons (Fsp3) is 0. The van der Waals surface area contributed by atoms with Crippen LogP contribution < -0.4 is 0 Å². The van der Waals surface area contributed by atoms with Crippen molar-refractivity contribution in [3.63, 3.8) is 0 Å². The summed E-state index contributed by atoms with van der Waals surface area (Å²) in [6.45, 7) is 0. The molecule has 2 nitrogen and oxygen atoms in total. The van der Waals surface area contributed by atoms with E-state index in [2.05, 4.69) is 179 Å². The largest absolute Gasteiger partial charge is 0.309 e. The van der Waals surface area contributed by atoms with Gasteiger partial charge in [-0.15, -0.1) is 11.3 Å². The molecule has 236 valence electrons. The molecule has 0 aliphatic carbocycles. The fourth-order valence-corrected chi connectivity index (χ4v) is 10.0. The fourth-order valence-electron chi connectivity index (χ4n) is 8.81. The van der Waals surface area contributed by atoms with Crippen LogP contribution in [0.15, 0.2) is 170 Å². The molecule has 0 saturated carbocycles. The zero-order valence-electron chi connectivity index (χ0n) is 27.5. The maximum absolute atomic E-state index is 2.44. The van der Waals surface area contributed by atoms with E-state index >= 15 is 0 Å². The van der Waals surface area contributed by atoms with E-state index in [1.165, 1.54) is 102 Å². The molecule has 51 heavy (non-hydrogen) atoms. The van der Waals surface area contributed by atoms with Crippen molar-refractivity contribution in [3.8, 4) is 27.9 Å². The van der Waals surface area contributed by atoms with E-state index in [4.69, 9.17) is 0 Å². The monoisotopic (exact) mass is 664 g/mol. The van der Waals surface area contributed by atoms with Gasteiger partial charge in [-0.1, -0.05) is 115 Å². The topological polar surface area (TPSA) is 9.34 Å². The molecule has 0 aliphatic heterocycles. The number of aromatic nitrogens is 2. The highest BCUT2D eigenvalue weighted by Gasteiger charge is 2.19. The van der Waals surface area contributed by atoms with Gasteiger partial charge in [-0.2, -0.15) is 0 Å². The third-order valence-electron chi connectivity index (χ3n) is 11.1. The Morgan fingerprint density at radius 1 is 0.353 bits per heavy atom. The second-order valence-corrected chi connectivity index (χ2v) is 14.8. The molecule has 3 heteroatoms. The molecular weight excluding hydrogens is 637 g/mol. The van der Waals surface area contributed by atoms with Crippen molar-refractivity contribution in [2.24, 2.45) is 0 Å². The van der Waals surface area contributed by atoms with E-state index in [9.17, 15) is 0 Å². The van der Waals surface area contributed by atoms with Crippen LogP contribution in [0, 0.1) is 0 Å². The van der Waals surface area contributed by atoms with E-state index in [0.717, 1.165) is 5.69 Å². The van der Waals surface area contributed by atoms with Crippen LogP contribution in [0.1, 0.15) is 0 Å². The average Bonchev–Trinajstić information content (AvgIpc) is 3.93. The summed E-state index contributed by atoms with van der Waals surface area (Å²) in [7, 11) is 0. The summed E-state index contributed by atoms with van der Waals surface area (Å²) in [6.07, 6.45) is 0. The molecule has 0 bridgehead atoms. The Balaban J connectivity index is 1.04. The molecule has 4 heterocycles. The minimum atomic E-state index is 1.16. The van der Waals surface area contributed by atoms with Crippen LogP contribution in [0.2, 0.25) is 0 Å². The Bertz CT molecular complexity index is 3270. The first-order valence-corrected chi connectivity index (χ1v) is 18.3. The maximum Gasteiger partial charge on any atom is 0.0620 e. The van der Waals surface area contributed by atoms with Gasteiger partial charge in [-0.25, -0.2) is 0 Å². The van der Waals surface area contributed by atoms with Gasteiger partial charge in [0.2, 0.25) is 0 Å². The van der Waals surface area contributed by atoms with Crippen molar-refractivity contribution in [3.05, 3.63) is 170 Å². The normalized spacial score (nSPS) is 12.3. The van der Waals surface area contributed by atoms with Crippen molar-refractivity contribution in [1.82, 2.24) is 8.97 Å². The van der Waals surface area contributed by atoms with Crippen molar-refractivity contribution in [1.29, 1.82) is 0 Å². The summed E-state index contributed by atoms with van der Waals surface area (Å²) in [5.41, 5.74) is 12.4. The van der Waals surface area contributed by atoms with Crippen LogP contribution in [0.4, 0.5) is 0 Å². The molecule has 0 aliphatic rings. The lowest BCUT2D eigenvalue weighted by Gasteiger charge is -2.11. The minimum absolute atomic E-state index is 1.16. The average molecular weight is 665 g/mol. The molecule has 4 aromatic heterocycles. The third-order valence-corrected chi connectivity index (χ3v) is 12.3. The number of hydrogen-bond acceptors (Lipinski definition) is 1. The van der Waals surface area contributed by atoms with Crippen LogP contribution >= 0.6 is 11.3 Å². The molecule has 8 aromatic carbocycles. The number of benzene rings is 8. The number of fused-ring (bicyclic) bond motifs is 12. The minimum Gasteiger partial charge on any atom is -0.309 e. The first-order valence-electron chi connectivity index (χ1n) is 17.5. The summed E-state index contributed by atoms with van der Waals surface area (Å²) in [5, 5.41) is 10.4. The molecule has 0 N–H and O–H groups in total. The Kier molecular flexibility index (Phi) is 5.41. The molecule has 0 fully saturated rings. The van der Waals surface area contributed by atoms with E-state index in [1.807, 2.05) is 11.3 Å². The molecule has 0 atom stereocenters. The molecule has 0 unspecified atom stereocenters. The second-order valence-electron chi connectivity index (χ2n) is 13.7. The van der Waals surface area contributed by atoms with E-state index in [1.54, 1.807) is 0 Å². The summed E-state index contributed by atoms with van der Waals surface area (Å²) >= 11 is 1.89. The smallest absolute Gasteiger partial charge is 0.0620 e. The van der Waals surface area contributed by atoms with Crippen LogP contribution in [-0.4, -0.2) is 8.97 Å². The molecule has 0 spiro atoms. The lowest BCUT2D eigenvalue weighted by molar-refractivity contribution is 1.18. The summed E-state index contributed by atoms with van der Waals surface area (Å²) in [5.74, 6) is 0. The second kappa shape index (κ2) is 10.1. The van der Waals surface area contributed by atoms with Gasteiger partial charge in [0.05, 0.1) is 27.6 Å². The molecule has 0 radical (unpaired) electrons. The zero-order valence-corrected chi connectivity index (χ0v) is 28.3. The highest BCUT2D eigenvalue weighted by atomic mass is 32.1. The SMILES string of the molecule is c1ccc2c(c1)sc1c(-c3ccc4c5ccccc5n(-c5ccc(-c6cc7c8ccccc8n8c9ccccc9c(c6)c78)cc5)c4c3)cccc12. The van der Waals surface area contributed by atoms with Crippen LogP contribution in [0.5, 0.6) is 0 Å². The van der Waals surface area contributed by atoms with Gasteiger partial charge in [0, 0.05) is 58.2 Å². The molecule has 12 rings (SSSR count). The predicted molar refractivity (Wildman–Crippen MR) is 219 cm³/mol. The number of para-hydroxylation sites is 3. The number of hydrogen-bond donors (Lipinski definition) is 0. The van der Waals surface area contributed by atoms with Gasteiger partial charge in [0.25, 0.3) is 0 Å². The number of rotatable bonds is 3.